The third kappa shape index (κ3) is 4.40. The molecule has 0 saturated heterocycles. The molecule has 2 aromatic rings. The number of halogens is 3. The Balaban J connectivity index is 1.92. The lowest BCUT2D eigenvalue weighted by Gasteiger charge is -2.24. The van der Waals surface area contributed by atoms with E-state index >= 15 is 0 Å². The summed E-state index contributed by atoms with van der Waals surface area (Å²) in [4.78, 5) is 21.8. The zero-order valence-corrected chi connectivity index (χ0v) is 16.9. The maximum atomic E-state index is 13.0. The average molecular weight is 425 g/mol. The fourth-order valence-electron chi connectivity index (χ4n) is 3.22. The number of β-amino-alcohol motifs (C(OH)–C–C–N with tert-alkyl or cyclic N) is 1. The van der Waals surface area contributed by atoms with Crippen LogP contribution in [0.25, 0.3) is 0 Å². The number of ether oxygens (including phenoxy) is 1. The normalized spacial score (nSPS) is 14.0. The first kappa shape index (κ1) is 21.6. The summed E-state index contributed by atoms with van der Waals surface area (Å²) in [5, 5.41) is 15.3. The van der Waals surface area contributed by atoms with E-state index in [1.807, 2.05) is 0 Å². The molecule has 2 heterocycles. The molecule has 0 aliphatic carbocycles. The zero-order chi connectivity index (χ0) is 22.3. The van der Waals surface area contributed by atoms with E-state index in [1.54, 1.807) is 26.0 Å². The molecule has 0 saturated carbocycles. The van der Waals surface area contributed by atoms with Crippen molar-refractivity contribution in [2.24, 2.45) is 0 Å². The Kier molecular flexibility index (Phi) is 5.50. The van der Waals surface area contributed by atoms with Gasteiger partial charge < -0.3 is 25.4 Å². The molecule has 1 aliphatic rings. The highest BCUT2D eigenvalue weighted by molar-refractivity contribution is 5.99. The molecule has 8 nitrogen and oxygen atoms in total. The number of benzene rings is 1. The van der Waals surface area contributed by atoms with Gasteiger partial charge in [0.05, 0.1) is 18.4 Å². The average Bonchev–Trinajstić information content (AvgIpc) is 2.93. The Labute approximate surface area is 171 Å². The Hall–Kier alpha value is -3.08. The molecule has 0 radical (unpaired) electrons. The van der Waals surface area contributed by atoms with Crippen molar-refractivity contribution in [2.75, 3.05) is 31.3 Å². The van der Waals surface area contributed by atoms with E-state index in [2.05, 4.69) is 20.6 Å². The smallest absolute Gasteiger partial charge is 0.421 e. The van der Waals surface area contributed by atoms with Crippen LogP contribution in [0.15, 0.2) is 18.3 Å². The topological polar surface area (TPSA) is 99.6 Å². The van der Waals surface area contributed by atoms with Gasteiger partial charge in [0.2, 0.25) is 5.95 Å². The lowest BCUT2D eigenvalue weighted by atomic mass is 10.1. The summed E-state index contributed by atoms with van der Waals surface area (Å²) in [5.41, 5.74) is -0.514. The maximum Gasteiger partial charge on any atom is 0.421 e. The van der Waals surface area contributed by atoms with Crippen LogP contribution in [0.2, 0.25) is 0 Å². The van der Waals surface area contributed by atoms with Crippen LogP contribution >= 0.6 is 0 Å². The number of hydrogen-bond acceptors (Lipinski definition) is 7. The summed E-state index contributed by atoms with van der Waals surface area (Å²) >= 11 is 0. The van der Waals surface area contributed by atoms with Crippen LogP contribution in [0.3, 0.4) is 0 Å². The highest BCUT2D eigenvalue weighted by Gasteiger charge is 2.35. The molecule has 3 rings (SSSR count). The van der Waals surface area contributed by atoms with Gasteiger partial charge in [-0.25, -0.2) is 4.98 Å². The van der Waals surface area contributed by atoms with Crippen LogP contribution in [-0.2, 0) is 12.7 Å². The molecule has 0 bridgehead atoms. The van der Waals surface area contributed by atoms with Crippen LogP contribution in [0.4, 0.5) is 30.6 Å². The van der Waals surface area contributed by atoms with Crippen LogP contribution < -0.4 is 15.4 Å². The van der Waals surface area contributed by atoms with Crippen LogP contribution in [-0.4, -0.2) is 52.2 Å². The number of nitrogens with one attached hydrogen (secondary N) is 2. The van der Waals surface area contributed by atoms with Gasteiger partial charge in [-0.05, 0) is 31.5 Å². The summed E-state index contributed by atoms with van der Waals surface area (Å²) in [6.45, 7) is 3.65. The van der Waals surface area contributed by atoms with Gasteiger partial charge in [0.25, 0.3) is 5.91 Å². The Bertz CT molecular complexity index is 973. The van der Waals surface area contributed by atoms with Crippen LogP contribution in [0, 0.1) is 0 Å². The van der Waals surface area contributed by atoms with Gasteiger partial charge in [-0.1, -0.05) is 0 Å². The highest BCUT2D eigenvalue weighted by atomic mass is 19.4. The van der Waals surface area contributed by atoms with E-state index in [-0.39, 0.29) is 30.8 Å². The van der Waals surface area contributed by atoms with Gasteiger partial charge in [0.15, 0.2) is 0 Å². The Morgan fingerprint density at radius 1 is 1.30 bits per heavy atom. The molecule has 0 spiro atoms. The van der Waals surface area contributed by atoms with Crippen molar-refractivity contribution < 1.29 is 27.8 Å². The minimum atomic E-state index is -4.59. The molecule has 0 unspecified atom stereocenters. The number of alkyl halides is 3. The van der Waals surface area contributed by atoms with Crippen molar-refractivity contribution in [1.29, 1.82) is 0 Å². The molecule has 1 aliphatic heterocycles. The fourth-order valence-corrected chi connectivity index (χ4v) is 3.22. The number of hydrogen-bond donors (Lipinski definition) is 3. The van der Waals surface area contributed by atoms with Crippen molar-refractivity contribution in [2.45, 2.75) is 32.2 Å². The van der Waals surface area contributed by atoms with E-state index in [9.17, 15) is 23.1 Å². The summed E-state index contributed by atoms with van der Waals surface area (Å²) < 4.78 is 44.4. The van der Waals surface area contributed by atoms with Crippen molar-refractivity contribution in [3.8, 4) is 5.75 Å². The molecule has 0 fully saturated rings. The molecule has 30 heavy (non-hydrogen) atoms. The quantitative estimate of drug-likeness (QED) is 0.654. The third-order valence-electron chi connectivity index (χ3n) is 4.46. The van der Waals surface area contributed by atoms with Crippen molar-refractivity contribution in [1.82, 2.24) is 14.9 Å². The first-order valence-corrected chi connectivity index (χ1v) is 9.04. The second kappa shape index (κ2) is 7.63. The number of nitrogens with zero attached hydrogens (tertiary/aromatic N) is 3. The van der Waals surface area contributed by atoms with E-state index in [4.69, 9.17) is 4.74 Å². The van der Waals surface area contributed by atoms with Gasteiger partial charge >= 0.3 is 6.18 Å². The van der Waals surface area contributed by atoms with Crippen molar-refractivity contribution in [3.63, 3.8) is 0 Å². The number of amides is 1. The standard InChI is InChI=1S/C19H22F3N5O3/c1-18(2,29)9-27-8-10-5-13(14(30-4)6-11(10)16(27)28)25-17-24-7-12(19(20,21)22)15(23-3)26-17/h5-7,29H,8-9H2,1-4H3,(H2,23,24,25,26). The number of methoxy groups -OCH3 is 1. The number of aromatic nitrogens is 2. The summed E-state index contributed by atoms with van der Waals surface area (Å²) in [7, 11) is 2.74. The Morgan fingerprint density at radius 3 is 2.57 bits per heavy atom. The van der Waals surface area contributed by atoms with Crippen LogP contribution in [0.1, 0.15) is 35.3 Å². The molecular weight excluding hydrogens is 403 g/mol. The molecule has 1 amide bonds. The molecule has 11 heteroatoms. The number of rotatable bonds is 6. The second-order valence-electron chi connectivity index (χ2n) is 7.51. The molecule has 3 N–H and O–H groups in total. The van der Waals surface area contributed by atoms with E-state index < -0.39 is 17.3 Å². The minimum Gasteiger partial charge on any atom is -0.495 e. The monoisotopic (exact) mass is 425 g/mol. The van der Waals surface area contributed by atoms with E-state index in [1.165, 1.54) is 19.1 Å². The minimum absolute atomic E-state index is 0.0664. The fraction of sp³-hybridized carbons (Fsp3) is 0.421. The summed E-state index contributed by atoms with van der Waals surface area (Å²) in [6, 6.07) is 3.21. The van der Waals surface area contributed by atoms with Gasteiger partial charge in [0, 0.05) is 31.9 Å². The Morgan fingerprint density at radius 2 is 2.00 bits per heavy atom. The summed E-state index contributed by atoms with van der Waals surface area (Å²) in [5.74, 6) is -0.364. The maximum absolute atomic E-state index is 13.0. The van der Waals surface area contributed by atoms with Crippen molar-refractivity contribution in [3.05, 3.63) is 35.0 Å². The van der Waals surface area contributed by atoms with Gasteiger partial charge in [-0.2, -0.15) is 18.2 Å². The van der Waals surface area contributed by atoms with E-state index in [0.717, 1.165) is 0 Å². The lowest BCUT2D eigenvalue weighted by Crippen LogP contribution is -2.38. The van der Waals surface area contributed by atoms with E-state index in [0.29, 0.717) is 28.8 Å². The SMILES string of the molecule is CNc1nc(Nc2cc3c(cc2OC)C(=O)N(CC(C)(C)O)C3)ncc1C(F)(F)F. The molecule has 0 atom stereocenters. The molecule has 1 aromatic heterocycles. The predicted octanol–water partition coefficient (Wildman–Crippen LogP) is 3.02. The van der Waals surface area contributed by atoms with Gasteiger partial charge in [-0.15, -0.1) is 0 Å². The lowest BCUT2D eigenvalue weighted by molar-refractivity contribution is -0.137. The summed E-state index contributed by atoms with van der Waals surface area (Å²) in [6.07, 6.45) is -3.90. The largest absolute Gasteiger partial charge is 0.495 e. The number of fused-ring (bicyclic) bond motifs is 1. The van der Waals surface area contributed by atoms with Gasteiger partial charge in [0.1, 0.15) is 17.1 Å². The predicted molar refractivity (Wildman–Crippen MR) is 104 cm³/mol. The molecule has 1 aromatic carbocycles. The number of carbonyl (C=O) groups excluding carboxylic acids is 1. The third-order valence-corrected chi connectivity index (χ3v) is 4.46. The van der Waals surface area contributed by atoms with Crippen molar-refractivity contribution >= 4 is 23.4 Å². The molecular formula is C19H22F3N5O3. The zero-order valence-electron chi connectivity index (χ0n) is 16.9. The first-order chi connectivity index (χ1) is 13.9. The molecule has 162 valence electrons. The highest BCUT2D eigenvalue weighted by Crippen LogP contribution is 2.37. The number of carbonyl (C=O) groups is 1. The first-order valence-electron chi connectivity index (χ1n) is 9.04. The second-order valence-corrected chi connectivity index (χ2v) is 7.51. The van der Waals surface area contributed by atoms with Crippen LogP contribution in [0.5, 0.6) is 5.75 Å². The number of anilines is 3. The number of aliphatic hydroxyl groups is 1. The van der Waals surface area contributed by atoms with Gasteiger partial charge in [-0.3, -0.25) is 4.79 Å².